The minimum absolute atomic E-state index is 0.124. The number of carbonyl (C=O) groups is 1. The van der Waals surface area contributed by atoms with Crippen molar-refractivity contribution >= 4 is 23.4 Å². The van der Waals surface area contributed by atoms with Crippen LogP contribution in [0.25, 0.3) is 5.69 Å². The molecule has 3 aromatic carbocycles. The second kappa shape index (κ2) is 10.1. The van der Waals surface area contributed by atoms with E-state index in [0.29, 0.717) is 10.9 Å². The van der Waals surface area contributed by atoms with Gasteiger partial charge < -0.3 is 10.1 Å². The molecule has 8 heteroatoms. The standard InChI is InChI=1S/C24H23N5O2S/c1-17-12-13-22(31-2)21(14-17)29-24(26-27-28-29)32-16-23(30)25-20-11-7-6-10-19(20)15-18-8-4-3-5-9-18/h3-14H,15-16H2,1-2H3,(H,25,30). The zero-order valence-electron chi connectivity index (χ0n) is 17.9. The van der Waals surface area contributed by atoms with Crippen molar-refractivity contribution in [2.75, 3.05) is 18.2 Å². The minimum atomic E-state index is -0.124. The Balaban J connectivity index is 1.45. The summed E-state index contributed by atoms with van der Waals surface area (Å²) in [5, 5.41) is 15.5. The number of para-hydroxylation sites is 1. The predicted octanol–water partition coefficient (Wildman–Crippen LogP) is 4.30. The lowest BCUT2D eigenvalue weighted by molar-refractivity contribution is -0.113. The Bertz CT molecular complexity index is 1210. The van der Waals surface area contributed by atoms with E-state index >= 15 is 0 Å². The van der Waals surface area contributed by atoms with Gasteiger partial charge in [0, 0.05) is 5.69 Å². The van der Waals surface area contributed by atoms with Crippen LogP contribution in [0.1, 0.15) is 16.7 Å². The molecular formula is C24H23N5O2S. The van der Waals surface area contributed by atoms with Crippen LogP contribution < -0.4 is 10.1 Å². The third-order valence-corrected chi connectivity index (χ3v) is 5.78. The first-order chi connectivity index (χ1) is 15.6. The molecule has 162 valence electrons. The van der Waals surface area contributed by atoms with Crippen LogP contribution in [0, 0.1) is 6.92 Å². The number of aromatic nitrogens is 4. The number of nitrogens with zero attached hydrogens (tertiary/aromatic N) is 4. The van der Waals surface area contributed by atoms with E-state index in [1.165, 1.54) is 17.3 Å². The molecule has 1 amide bonds. The molecule has 0 spiro atoms. The fourth-order valence-electron chi connectivity index (χ4n) is 3.31. The molecule has 0 unspecified atom stereocenters. The zero-order chi connectivity index (χ0) is 22.3. The summed E-state index contributed by atoms with van der Waals surface area (Å²) in [6.45, 7) is 1.99. The van der Waals surface area contributed by atoms with E-state index in [0.717, 1.165) is 28.9 Å². The average molecular weight is 446 g/mol. The van der Waals surface area contributed by atoms with E-state index in [1.54, 1.807) is 11.8 Å². The van der Waals surface area contributed by atoms with Crippen LogP contribution in [-0.4, -0.2) is 39.0 Å². The highest BCUT2D eigenvalue weighted by molar-refractivity contribution is 7.99. The number of ether oxygens (including phenoxy) is 1. The predicted molar refractivity (Wildman–Crippen MR) is 125 cm³/mol. The van der Waals surface area contributed by atoms with Gasteiger partial charge in [0.05, 0.1) is 12.9 Å². The van der Waals surface area contributed by atoms with Crippen molar-refractivity contribution in [3.63, 3.8) is 0 Å². The van der Waals surface area contributed by atoms with Gasteiger partial charge in [-0.05, 0) is 58.7 Å². The number of benzene rings is 3. The van der Waals surface area contributed by atoms with Gasteiger partial charge in [-0.3, -0.25) is 4.79 Å². The average Bonchev–Trinajstić information content (AvgIpc) is 3.28. The van der Waals surface area contributed by atoms with Crippen molar-refractivity contribution in [1.29, 1.82) is 0 Å². The van der Waals surface area contributed by atoms with Crippen LogP contribution in [0.15, 0.2) is 78.0 Å². The topological polar surface area (TPSA) is 81.9 Å². The lowest BCUT2D eigenvalue weighted by Crippen LogP contribution is -2.16. The van der Waals surface area contributed by atoms with Gasteiger partial charge in [0.2, 0.25) is 11.1 Å². The highest BCUT2D eigenvalue weighted by atomic mass is 32.2. The van der Waals surface area contributed by atoms with E-state index < -0.39 is 0 Å². The lowest BCUT2D eigenvalue weighted by Gasteiger charge is -2.12. The number of hydrogen-bond acceptors (Lipinski definition) is 6. The summed E-state index contributed by atoms with van der Waals surface area (Å²) < 4.78 is 7.03. The maximum Gasteiger partial charge on any atom is 0.234 e. The molecule has 0 radical (unpaired) electrons. The summed E-state index contributed by atoms with van der Waals surface area (Å²) in [5.74, 6) is 0.707. The Morgan fingerprint density at radius 1 is 1.06 bits per heavy atom. The highest BCUT2D eigenvalue weighted by Gasteiger charge is 2.16. The summed E-state index contributed by atoms with van der Waals surface area (Å²) in [6, 6.07) is 23.8. The smallest absolute Gasteiger partial charge is 0.234 e. The quantitative estimate of drug-likeness (QED) is 0.407. The molecule has 0 fully saturated rings. The number of amides is 1. The maximum atomic E-state index is 12.7. The largest absolute Gasteiger partial charge is 0.494 e. The fourth-order valence-corrected chi connectivity index (χ4v) is 4.00. The third-order valence-electron chi connectivity index (χ3n) is 4.86. The van der Waals surface area contributed by atoms with Gasteiger partial charge in [0.1, 0.15) is 11.4 Å². The summed E-state index contributed by atoms with van der Waals surface area (Å²) in [6.07, 6.45) is 0.746. The molecule has 7 nitrogen and oxygen atoms in total. The molecule has 1 N–H and O–H groups in total. The molecule has 1 aromatic heterocycles. The molecule has 32 heavy (non-hydrogen) atoms. The number of tetrazole rings is 1. The Kier molecular flexibility index (Phi) is 6.81. The van der Waals surface area contributed by atoms with Gasteiger partial charge in [-0.2, -0.15) is 4.68 Å². The number of rotatable bonds is 8. The monoisotopic (exact) mass is 445 g/mol. The van der Waals surface area contributed by atoms with Gasteiger partial charge in [-0.1, -0.05) is 66.4 Å². The summed E-state index contributed by atoms with van der Waals surface area (Å²) in [5.41, 5.74) is 4.84. The summed E-state index contributed by atoms with van der Waals surface area (Å²) >= 11 is 1.27. The Morgan fingerprint density at radius 2 is 1.84 bits per heavy atom. The number of carbonyl (C=O) groups excluding carboxylic acids is 1. The van der Waals surface area contributed by atoms with Crippen LogP contribution in [0.5, 0.6) is 5.75 Å². The molecule has 1 heterocycles. The van der Waals surface area contributed by atoms with Crippen molar-refractivity contribution < 1.29 is 9.53 Å². The second-order valence-corrected chi connectivity index (χ2v) is 8.15. The zero-order valence-corrected chi connectivity index (χ0v) is 18.7. The Labute approximate surface area is 190 Å². The lowest BCUT2D eigenvalue weighted by atomic mass is 10.0. The SMILES string of the molecule is COc1ccc(C)cc1-n1nnnc1SCC(=O)Nc1ccccc1Cc1ccccc1. The van der Waals surface area contributed by atoms with Crippen LogP contribution in [0.3, 0.4) is 0 Å². The molecule has 0 saturated carbocycles. The number of nitrogens with one attached hydrogen (secondary N) is 1. The van der Waals surface area contributed by atoms with Crippen molar-refractivity contribution in [2.24, 2.45) is 0 Å². The van der Waals surface area contributed by atoms with Crippen LogP contribution in [0.2, 0.25) is 0 Å². The minimum Gasteiger partial charge on any atom is -0.494 e. The Morgan fingerprint density at radius 3 is 2.66 bits per heavy atom. The number of hydrogen-bond donors (Lipinski definition) is 1. The number of thioether (sulfide) groups is 1. The second-order valence-electron chi connectivity index (χ2n) is 7.20. The molecule has 0 aliphatic heterocycles. The van der Waals surface area contributed by atoms with E-state index in [4.69, 9.17) is 4.74 Å². The fraction of sp³-hybridized carbons (Fsp3) is 0.167. The third kappa shape index (κ3) is 5.15. The van der Waals surface area contributed by atoms with Crippen molar-refractivity contribution in [1.82, 2.24) is 20.2 Å². The molecule has 0 aliphatic carbocycles. The van der Waals surface area contributed by atoms with Gasteiger partial charge in [-0.15, -0.1) is 5.10 Å². The van der Waals surface area contributed by atoms with E-state index in [9.17, 15) is 4.79 Å². The van der Waals surface area contributed by atoms with Crippen molar-refractivity contribution in [2.45, 2.75) is 18.5 Å². The molecule has 4 aromatic rings. The van der Waals surface area contributed by atoms with Gasteiger partial charge in [0.25, 0.3) is 0 Å². The first-order valence-corrected chi connectivity index (χ1v) is 11.1. The van der Waals surface area contributed by atoms with E-state index in [2.05, 4.69) is 33.0 Å². The van der Waals surface area contributed by atoms with Crippen molar-refractivity contribution in [3.05, 3.63) is 89.5 Å². The number of methoxy groups -OCH3 is 1. The highest BCUT2D eigenvalue weighted by Crippen LogP contribution is 2.27. The maximum absolute atomic E-state index is 12.7. The molecular weight excluding hydrogens is 422 g/mol. The van der Waals surface area contributed by atoms with Gasteiger partial charge >= 0.3 is 0 Å². The molecule has 0 atom stereocenters. The Hall–Kier alpha value is -3.65. The van der Waals surface area contributed by atoms with Gasteiger partial charge in [-0.25, -0.2) is 0 Å². The van der Waals surface area contributed by atoms with Crippen molar-refractivity contribution in [3.8, 4) is 11.4 Å². The molecule has 4 rings (SSSR count). The number of anilines is 1. The normalized spacial score (nSPS) is 10.7. The van der Waals surface area contributed by atoms with Crippen LogP contribution in [-0.2, 0) is 11.2 Å². The van der Waals surface area contributed by atoms with Gasteiger partial charge in [0.15, 0.2) is 0 Å². The summed E-state index contributed by atoms with van der Waals surface area (Å²) in [7, 11) is 1.60. The molecule has 0 aliphatic rings. The number of aryl methyl sites for hydroxylation is 1. The van der Waals surface area contributed by atoms with E-state index in [1.807, 2.05) is 67.6 Å². The van der Waals surface area contributed by atoms with Crippen LogP contribution >= 0.6 is 11.8 Å². The molecule has 0 bridgehead atoms. The van der Waals surface area contributed by atoms with E-state index in [-0.39, 0.29) is 11.7 Å². The first kappa shape index (κ1) is 21.6. The van der Waals surface area contributed by atoms with Crippen LogP contribution in [0.4, 0.5) is 5.69 Å². The summed E-state index contributed by atoms with van der Waals surface area (Å²) in [4.78, 5) is 12.7. The first-order valence-electron chi connectivity index (χ1n) is 10.1. The molecule has 0 saturated heterocycles.